The maximum Gasteiger partial charge on any atom is 0.126 e. The third kappa shape index (κ3) is 3.80. The molecule has 1 aliphatic heterocycles. The number of ether oxygens (including phenoxy) is 1. The average Bonchev–Trinajstić information content (AvgIpc) is 2.52. The first-order valence-electron chi connectivity index (χ1n) is 6.54. The van der Waals surface area contributed by atoms with Crippen molar-refractivity contribution in [2.24, 2.45) is 0 Å². The second-order valence-corrected chi connectivity index (χ2v) is 4.41. The van der Waals surface area contributed by atoms with Gasteiger partial charge in [0.1, 0.15) is 23.9 Å². The number of hydrogen-bond donors (Lipinski definition) is 2. The lowest BCUT2D eigenvalue weighted by Crippen LogP contribution is -1.98. The number of aromatic hydroxyl groups is 2. The Labute approximate surface area is 124 Å². The van der Waals surface area contributed by atoms with Crippen molar-refractivity contribution in [3.05, 3.63) is 59.7 Å². The van der Waals surface area contributed by atoms with Gasteiger partial charge in [0.2, 0.25) is 0 Å². The summed E-state index contributed by atoms with van der Waals surface area (Å²) in [6.45, 7) is 0.705. The van der Waals surface area contributed by atoms with Crippen molar-refractivity contribution < 1.29 is 14.9 Å². The highest BCUT2D eigenvalue weighted by Crippen LogP contribution is 2.26. The van der Waals surface area contributed by atoms with Crippen LogP contribution >= 0.6 is 0 Å². The lowest BCUT2D eigenvalue weighted by molar-refractivity contribution is 0.358. The Morgan fingerprint density at radius 2 is 1.76 bits per heavy atom. The highest BCUT2D eigenvalue weighted by Gasteiger charge is 2.03. The molecule has 0 bridgehead atoms. The van der Waals surface area contributed by atoms with E-state index >= 15 is 0 Å². The Bertz CT molecular complexity index is 661. The number of phenolic OH excluding ortho intramolecular Hbond substituents is 2. The van der Waals surface area contributed by atoms with Crippen LogP contribution in [-0.4, -0.2) is 16.8 Å². The molecule has 0 saturated carbocycles. The Kier molecular flexibility index (Phi) is 4.89. The Morgan fingerprint density at radius 3 is 2.43 bits per heavy atom. The Balaban J connectivity index is 0.000000154. The number of phenols is 2. The summed E-state index contributed by atoms with van der Waals surface area (Å²) in [7, 11) is 0. The fourth-order valence-corrected chi connectivity index (χ4v) is 1.91. The van der Waals surface area contributed by atoms with E-state index in [2.05, 4.69) is 12.0 Å². The van der Waals surface area contributed by atoms with Gasteiger partial charge in [0, 0.05) is 17.5 Å². The van der Waals surface area contributed by atoms with Gasteiger partial charge >= 0.3 is 0 Å². The molecule has 0 unspecified atom stereocenters. The monoisotopic (exact) mass is 280 g/mol. The van der Waals surface area contributed by atoms with E-state index in [0.29, 0.717) is 12.2 Å². The first-order valence-corrected chi connectivity index (χ1v) is 6.54. The summed E-state index contributed by atoms with van der Waals surface area (Å²) in [5.74, 6) is 3.43. The molecule has 0 atom stereocenters. The van der Waals surface area contributed by atoms with Gasteiger partial charge in [-0.3, -0.25) is 0 Å². The average molecular weight is 280 g/mol. The van der Waals surface area contributed by atoms with E-state index in [9.17, 15) is 0 Å². The smallest absolute Gasteiger partial charge is 0.126 e. The van der Waals surface area contributed by atoms with Crippen molar-refractivity contribution >= 4 is 6.08 Å². The first kappa shape index (κ1) is 14.5. The Hall–Kier alpha value is -2.86. The molecule has 3 heteroatoms. The quantitative estimate of drug-likeness (QED) is 0.787. The highest BCUT2D eigenvalue weighted by molar-refractivity contribution is 5.58. The fourth-order valence-electron chi connectivity index (χ4n) is 1.91. The normalized spacial score (nSPS) is 11.4. The summed E-state index contributed by atoms with van der Waals surface area (Å²) in [6, 6.07) is 12.6. The first-order chi connectivity index (χ1) is 10.2. The molecular weight excluding hydrogens is 264 g/mol. The summed E-state index contributed by atoms with van der Waals surface area (Å²) < 4.78 is 5.34. The number of para-hydroxylation sites is 1. The van der Waals surface area contributed by atoms with Crippen LogP contribution in [0, 0.1) is 12.3 Å². The highest BCUT2D eigenvalue weighted by atomic mass is 16.5. The molecule has 0 saturated heterocycles. The van der Waals surface area contributed by atoms with Crippen LogP contribution in [0.25, 0.3) is 6.08 Å². The SMILES string of the molecule is C#CCc1c(O)cccc1O.C1=Cc2ccccc2OC1. The molecule has 2 aromatic rings. The molecule has 106 valence electrons. The summed E-state index contributed by atoms with van der Waals surface area (Å²) >= 11 is 0. The number of rotatable bonds is 1. The van der Waals surface area contributed by atoms with Crippen molar-refractivity contribution in [3.8, 4) is 29.6 Å². The maximum atomic E-state index is 9.17. The molecule has 3 nitrogen and oxygen atoms in total. The summed E-state index contributed by atoms with van der Waals surface area (Å²) in [5.41, 5.74) is 1.59. The van der Waals surface area contributed by atoms with Gasteiger partial charge < -0.3 is 14.9 Å². The van der Waals surface area contributed by atoms with Gasteiger partial charge in [-0.25, -0.2) is 0 Å². The van der Waals surface area contributed by atoms with Crippen LogP contribution in [0.5, 0.6) is 17.2 Å². The maximum absolute atomic E-state index is 9.17. The molecule has 1 aliphatic rings. The van der Waals surface area contributed by atoms with E-state index in [4.69, 9.17) is 21.4 Å². The number of fused-ring (bicyclic) bond motifs is 1. The number of terminal acetylenes is 1. The van der Waals surface area contributed by atoms with Crippen LogP contribution in [0.15, 0.2) is 48.5 Å². The van der Waals surface area contributed by atoms with E-state index in [1.54, 1.807) is 6.07 Å². The van der Waals surface area contributed by atoms with Gasteiger partial charge in [-0.15, -0.1) is 12.3 Å². The Morgan fingerprint density at radius 1 is 1.05 bits per heavy atom. The van der Waals surface area contributed by atoms with Crippen LogP contribution in [0.4, 0.5) is 0 Å². The molecule has 0 spiro atoms. The minimum atomic E-state index is 0.0444. The largest absolute Gasteiger partial charge is 0.507 e. The van der Waals surface area contributed by atoms with Gasteiger partial charge in [0.05, 0.1) is 0 Å². The zero-order valence-electron chi connectivity index (χ0n) is 11.5. The van der Waals surface area contributed by atoms with Gasteiger partial charge in [0.25, 0.3) is 0 Å². The molecule has 1 heterocycles. The fraction of sp³-hybridized carbons (Fsp3) is 0.111. The lowest BCUT2D eigenvalue weighted by atomic mass is 10.1. The molecule has 0 aromatic heterocycles. The minimum Gasteiger partial charge on any atom is -0.507 e. The summed E-state index contributed by atoms with van der Waals surface area (Å²) in [6.07, 6.45) is 9.37. The van der Waals surface area contributed by atoms with Crippen LogP contribution in [0.1, 0.15) is 11.1 Å². The van der Waals surface area contributed by atoms with E-state index < -0.39 is 0 Å². The molecule has 0 aliphatic carbocycles. The van der Waals surface area contributed by atoms with E-state index in [-0.39, 0.29) is 17.9 Å². The van der Waals surface area contributed by atoms with Crippen molar-refractivity contribution in [3.63, 3.8) is 0 Å². The van der Waals surface area contributed by atoms with E-state index in [1.807, 2.05) is 30.3 Å². The van der Waals surface area contributed by atoms with Crippen molar-refractivity contribution in [2.45, 2.75) is 6.42 Å². The predicted octanol–water partition coefficient (Wildman–Crippen LogP) is 3.37. The summed E-state index contributed by atoms with van der Waals surface area (Å²) in [4.78, 5) is 0. The predicted molar refractivity (Wildman–Crippen MR) is 83.3 cm³/mol. The molecular formula is C18H16O3. The van der Waals surface area contributed by atoms with E-state index in [1.165, 1.54) is 17.7 Å². The zero-order valence-corrected chi connectivity index (χ0v) is 11.5. The number of benzene rings is 2. The lowest BCUT2D eigenvalue weighted by Gasteiger charge is -2.10. The van der Waals surface area contributed by atoms with Crippen LogP contribution < -0.4 is 4.74 Å². The second kappa shape index (κ2) is 7.06. The molecule has 2 N–H and O–H groups in total. The van der Waals surface area contributed by atoms with Crippen molar-refractivity contribution in [1.29, 1.82) is 0 Å². The van der Waals surface area contributed by atoms with Crippen molar-refractivity contribution in [1.82, 2.24) is 0 Å². The van der Waals surface area contributed by atoms with Crippen LogP contribution in [0.3, 0.4) is 0 Å². The van der Waals surface area contributed by atoms with Gasteiger partial charge in [0.15, 0.2) is 0 Å². The van der Waals surface area contributed by atoms with Gasteiger partial charge in [-0.2, -0.15) is 0 Å². The second-order valence-electron chi connectivity index (χ2n) is 4.41. The number of hydrogen-bond acceptors (Lipinski definition) is 3. The minimum absolute atomic E-state index is 0.0444. The molecule has 21 heavy (non-hydrogen) atoms. The molecule has 0 fully saturated rings. The van der Waals surface area contributed by atoms with Crippen molar-refractivity contribution in [2.75, 3.05) is 6.61 Å². The third-order valence-electron chi connectivity index (χ3n) is 2.96. The topological polar surface area (TPSA) is 49.7 Å². The molecule has 0 radical (unpaired) electrons. The summed E-state index contributed by atoms with van der Waals surface area (Å²) in [5, 5.41) is 18.3. The standard InChI is InChI=1S/C9H8O2.C9H8O/c1-2-4-7-8(10)5-3-6-9(7)11;1-2-6-9-8(4-1)5-3-7-10-9/h1,3,5-6,10-11H,4H2;1-6H,7H2. The molecule has 2 aromatic carbocycles. The zero-order chi connectivity index (χ0) is 15.1. The van der Waals surface area contributed by atoms with E-state index in [0.717, 1.165) is 5.75 Å². The van der Waals surface area contributed by atoms with Crippen LogP contribution in [-0.2, 0) is 6.42 Å². The molecule has 3 rings (SSSR count). The van der Waals surface area contributed by atoms with Gasteiger partial charge in [-0.05, 0) is 24.3 Å². The van der Waals surface area contributed by atoms with Gasteiger partial charge in [-0.1, -0.05) is 30.3 Å². The molecule has 0 amide bonds. The van der Waals surface area contributed by atoms with Crippen LogP contribution in [0.2, 0.25) is 0 Å². The third-order valence-corrected chi connectivity index (χ3v) is 2.96.